The molecule has 0 spiro atoms. The maximum absolute atomic E-state index is 12.4. The van der Waals surface area contributed by atoms with Crippen molar-refractivity contribution >= 4 is 11.8 Å². The molecule has 1 fully saturated rings. The maximum atomic E-state index is 12.4. The highest BCUT2D eigenvalue weighted by Gasteiger charge is 2.44. The predicted octanol–water partition coefficient (Wildman–Crippen LogP) is 1.03. The highest BCUT2D eigenvalue weighted by molar-refractivity contribution is 5.80. The van der Waals surface area contributed by atoms with E-state index in [0.29, 0.717) is 26.2 Å². The van der Waals surface area contributed by atoms with Crippen molar-refractivity contribution in [3.8, 4) is 0 Å². The molecule has 134 valence electrons. The fourth-order valence-corrected chi connectivity index (χ4v) is 3.65. The third kappa shape index (κ3) is 4.14. The van der Waals surface area contributed by atoms with Crippen LogP contribution in [0.1, 0.15) is 37.6 Å². The molecule has 0 aliphatic carbocycles. The molecule has 0 radical (unpaired) electrons. The average molecular weight is 336 g/mol. The predicted molar refractivity (Wildman–Crippen MR) is 90.6 cm³/mol. The number of hydrogen-bond donors (Lipinski definition) is 1. The number of likely N-dealkylation sites (tertiary alicyclic amines) is 1. The molecule has 2 heterocycles. The molecule has 0 unspecified atom stereocenters. The normalized spacial score (nSPS) is 20.4. The lowest BCUT2D eigenvalue weighted by molar-refractivity contribution is -0.137. The van der Waals surface area contributed by atoms with E-state index in [1.54, 1.807) is 18.9 Å². The quantitative estimate of drug-likeness (QED) is 0.807. The van der Waals surface area contributed by atoms with Crippen LogP contribution in [-0.4, -0.2) is 58.8 Å². The summed E-state index contributed by atoms with van der Waals surface area (Å²) < 4.78 is 7.20. The largest absolute Gasteiger partial charge is 0.382 e. The molecule has 1 atom stereocenters. The van der Waals surface area contributed by atoms with Crippen LogP contribution in [0.3, 0.4) is 0 Å². The number of rotatable bonds is 7. The van der Waals surface area contributed by atoms with Crippen molar-refractivity contribution in [1.29, 1.82) is 0 Å². The smallest absolute Gasteiger partial charge is 0.222 e. The van der Waals surface area contributed by atoms with Gasteiger partial charge in [-0.3, -0.25) is 14.3 Å². The van der Waals surface area contributed by atoms with Gasteiger partial charge in [-0.05, 0) is 32.8 Å². The molecular formula is C17H28N4O3. The number of aromatic nitrogens is 2. The molecule has 7 nitrogen and oxygen atoms in total. The van der Waals surface area contributed by atoms with Gasteiger partial charge in [0, 0.05) is 32.8 Å². The summed E-state index contributed by atoms with van der Waals surface area (Å²) in [6.07, 6.45) is 1.98. The Labute approximate surface area is 143 Å². The van der Waals surface area contributed by atoms with Crippen LogP contribution in [-0.2, 0) is 20.9 Å². The minimum Gasteiger partial charge on any atom is -0.382 e. The Balaban J connectivity index is 1.91. The first-order chi connectivity index (χ1) is 11.4. The number of amides is 2. The molecule has 7 heteroatoms. The highest BCUT2D eigenvalue weighted by Crippen LogP contribution is 2.33. The first kappa shape index (κ1) is 18.4. The second kappa shape index (κ2) is 7.79. The van der Waals surface area contributed by atoms with Crippen LogP contribution < -0.4 is 5.32 Å². The van der Waals surface area contributed by atoms with Gasteiger partial charge < -0.3 is 15.0 Å². The van der Waals surface area contributed by atoms with Crippen LogP contribution in [0.2, 0.25) is 0 Å². The monoisotopic (exact) mass is 336 g/mol. The van der Waals surface area contributed by atoms with Crippen molar-refractivity contribution in [2.45, 2.75) is 52.1 Å². The van der Waals surface area contributed by atoms with E-state index in [0.717, 1.165) is 24.2 Å². The first-order valence-corrected chi connectivity index (χ1v) is 8.43. The van der Waals surface area contributed by atoms with Crippen molar-refractivity contribution in [2.24, 2.45) is 0 Å². The zero-order chi connectivity index (χ0) is 17.7. The Morgan fingerprint density at radius 2 is 2.17 bits per heavy atom. The second-order valence-electron chi connectivity index (χ2n) is 6.61. The van der Waals surface area contributed by atoms with E-state index in [2.05, 4.69) is 10.4 Å². The molecule has 1 N–H and O–H groups in total. The van der Waals surface area contributed by atoms with Gasteiger partial charge in [-0.2, -0.15) is 5.10 Å². The van der Waals surface area contributed by atoms with Crippen LogP contribution in [0.15, 0.2) is 6.07 Å². The SMILES string of the molecule is COC[C@]1(CC(=O)NCCn2nc(C)cc2C)CCCN1C(C)=O. The van der Waals surface area contributed by atoms with E-state index in [9.17, 15) is 9.59 Å². The van der Waals surface area contributed by atoms with Crippen molar-refractivity contribution < 1.29 is 14.3 Å². The number of hydrogen-bond acceptors (Lipinski definition) is 4. The number of methoxy groups -OCH3 is 1. The van der Waals surface area contributed by atoms with Gasteiger partial charge in [0.25, 0.3) is 0 Å². The lowest BCUT2D eigenvalue weighted by atomic mass is 9.92. The number of carbonyl (C=O) groups excluding carboxylic acids is 2. The zero-order valence-electron chi connectivity index (χ0n) is 15.1. The van der Waals surface area contributed by atoms with E-state index in [4.69, 9.17) is 4.74 Å². The van der Waals surface area contributed by atoms with Crippen molar-refractivity contribution in [3.05, 3.63) is 17.5 Å². The third-order valence-corrected chi connectivity index (χ3v) is 4.63. The van der Waals surface area contributed by atoms with E-state index < -0.39 is 5.54 Å². The van der Waals surface area contributed by atoms with Crippen LogP contribution >= 0.6 is 0 Å². The van der Waals surface area contributed by atoms with Gasteiger partial charge in [-0.1, -0.05) is 0 Å². The summed E-state index contributed by atoms with van der Waals surface area (Å²) >= 11 is 0. The third-order valence-electron chi connectivity index (χ3n) is 4.63. The van der Waals surface area contributed by atoms with E-state index in [1.807, 2.05) is 24.6 Å². The van der Waals surface area contributed by atoms with Crippen molar-refractivity contribution in [2.75, 3.05) is 26.8 Å². The Morgan fingerprint density at radius 3 is 2.75 bits per heavy atom. The van der Waals surface area contributed by atoms with Crippen LogP contribution in [0.4, 0.5) is 0 Å². The van der Waals surface area contributed by atoms with Crippen LogP contribution in [0, 0.1) is 13.8 Å². The Morgan fingerprint density at radius 1 is 1.42 bits per heavy atom. The number of ether oxygens (including phenoxy) is 1. The molecule has 0 aromatic carbocycles. The van der Waals surface area contributed by atoms with Gasteiger partial charge >= 0.3 is 0 Å². The number of carbonyl (C=O) groups is 2. The minimum atomic E-state index is -0.511. The number of nitrogens with zero attached hydrogens (tertiary/aromatic N) is 3. The lowest BCUT2D eigenvalue weighted by Crippen LogP contribution is -2.52. The molecule has 1 aromatic rings. The molecule has 24 heavy (non-hydrogen) atoms. The maximum Gasteiger partial charge on any atom is 0.222 e. The molecule has 1 aromatic heterocycles. The fraction of sp³-hybridized carbons (Fsp3) is 0.706. The molecule has 0 saturated carbocycles. The molecule has 1 aliphatic heterocycles. The number of aryl methyl sites for hydroxylation is 2. The van der Waals surface area contributed by atoms with E-state index in [1.165, 1.54) is 0 Å². The van der Waals surface area contributed by atoms with Gasteiger partial charge in [0.2, 0.25) is 11.8 Å². The fourth-order valence-electron chi connectivity index (χ4n) is 3.65. The van der Waals surface area contributed by atoms with Gasteiger partial charge in [0.1, 0.15) is 0 Å². The topological polar surface area (TPSA) is 76.5 Å². The summed E-state index contributed by atoms with van der Waals surface area (Å²) in [4.78, 5) is 26.1. The van der Waals surface area contributed by atoms with Gasteiger partial charge in [-0.25, -0.2) is 0 Å². The van der Waals surface area contributed by atoms with Gasteiger partial charge in [-0.15, -0.1) is 0 Å². The standard InChI is InChI=1S/C17H28N4O3/c1-13-10-14(2)21(19-13)9-7-18-16(23)11-17(12-24-4)6-5-8-20(17)15(3)22/h10H,5-9,11-12H2,1-4H3,(H,18,23)/t17-/m1/s1. The zero-order valence-corrected chi connectivity index (χ0v) is 15.1. The second-order valence-corrected chi connectivity index (χ2v) is 6.61. The Kier molecular flexibility index (Phi) is 5.99. The molecule has 1 saturated heterocycles. The molecule has 2 amide bonds. The minimum absolute atomic E-state index is 0.00000823. The molecule has 1 aliphatic rings. The summed E-state index contributed by atoms with van der Waals surface area (Å²) in [5.41, 5.74) is 1.54. The first-order valence-electron chi connectivity index (χ1n) is 8.43. The lowest BCUT2D eigenvalue weighted by Gasteiger charge is -2.37. The van der Waals surface area contributed by atoms with Gasteiger partial charge in [0.15, 0.2) is 0 Å². The molecular weight excluding hydrogens is 308 g/mol. The summed E-state index contributed by atoms with van der Waals surface area (Å²) in [6.45, 7) is 7.74. The van der Waals surface area contributed by atoms with Crippen molar-refractivity contribution in [1.82, 2.24) is 20.0 Å². The Bertz CT molecular complexity index is 599. The van der Waals surface area contributed by atoms with E-state index in [-0.39, 0.29) is 18.2 Å². The summed E-state index contributed by atoms with van der Waals surface area (Å²) in [6, 6.07) is 2.01. The Hall–Kier alpha value is -1.89. The molecule has 0 bridgehead atoms. The van der Waals surface area contributed by atoms with Crippen molar-refractivity contribution in [3.63, 3.8) is 0 Å². The highest BCUT2D eigenvalue weighted by atomic mass is 16.5. The average Bonchev–Trinajstić information content (AvgIpc) is 3.03. The van der Waals surface area contributed by atoms with Gasteiger partial charge in [0.05, 0.1) is 30.8 Å². The van der Waals surface area contributed by atoms with Crippen LogP contribution in [0.25, 0.3) is 0 Å². The summed E-state index contributed by atoms with van der Waals surface area (Å²) in [5.74, 6) is -0.0540. The molecule has 2 rings (SSSR count). The summed E-state index contributed by atoms with van der Waals surface area (Å²) in [7, 11) is 1.61. The van der Waals surface area contributed by atoms with E-state index >= 15 is 0 Å². The number of nitrogens with one attached hydrogen (secondary N) is 1. The van der Waals surface area contributed by atoms with Crippen LogP contribution in [0.5, 0.6) is 0 Å². The summed E-state index contributed by atoms with van der Waals surface area (Å²) in [5, 5.41) is 7.33.